The first-order valence-electron chi connectivity index (χ1n) is 8.26. The van der Waals surface area contributed by atoms with Crippen molar-refractivity contribution < 1.29 is 14.3 Å². The van der Waals surface area contributed by atoms with Crippen LogP contribution in [0.25, 0.3) is 0 Å². The summed E-state index contributed by atoms with van der Waals surface area (Å²) in [5, 5.41) is 0. The molecule has 4 heteroatoms. The Morgan fingerprint density at radius 1 is 1.18 bits per heavy atom. The van der Waals surface area contributed by atoms with E-state index in [9.17, 15) is 4.79 Å². The van der Waals surface area contributed by atoms with Crippen LogP contribution in [0.2, 0.25) is 0 Å². The van der Waals surface area contributed by atoms with E-state index in [1.807, 2.05) is 13.0 Å². The van der Waals surface area contributed by atoms with Crippen LogP contribution in [0, 0.1) is 0 Å². The van der Waals surface area contributed by atoms with Gasteiger partial charge in [-0.2, -0.15) is 0 Å². The quantitative estimate of drug-likeness (QED) is 0.722. The van der Waals surface area contributed by atoms with E-state index in [4.69, 9.17) is 9.47 Å². The molecule has 2 unspecified atom stereocenters. The second-order valence-corrected chi connectivity index (χ2v) is 5.97. The van der Waals surface area contributed by atoms with Gasteiger partial charge in [0.15, 0.2) is 11.5 Å². The Labute approximate surface area is 133 Å². The van der Waals surface area contributed by atoms with Crippen LogP contribution in [0.1, 0.15) is 50.4 Å². The van der Waals surface area contributed by atoms with E-state index in [0.717, 1.165) is 12.8 Å². The second kappa shape index (κ2) is 8.18. The molecule has 4 nitrogen and oxygen atoms in total. The number of carbonyl (C=O) groups is 1. The zero-order chi connectivity index (χ0) is 15.9. The van der Waals surface area contributed by atoms with Gasteiger partial charge in [-0.1, -0.05) is 6.42 Å². The van der Waals surface area contributed by atoms with E-state index in [1.54, 1.807) is 12.1 Å². The van der Waals surface area contributed by atoms with E-state index >= 15 is 0 Å². The summed E-state index contributed by atoms with van der Waals surface area (Å²) in [6.45, 7) is 8.62. The number of hydrogen-bond acceptors (Lipinski definition) is 4. The zero-order valence-corrected chi connectivity index (χ0v) is 13.9. The lowest BCUT2D eigenvalue weighted by Gasteiger charge is -2.38. The van der Waals surface area contributed by atoms with Crippen molar-refractivity contribution in [1.29, 1.82) is 0 Å². The molecule has 1 heterocycles. The van der Waals surface area contributed by atoms with Crippen molar-refractivity contribution >= 4 is 6.29 Å². The largest absolute Gasteiger partial charge is 0.490 e. The molecule has 122 valence electrons. The zero-order valence-electron chi connectivity index (χ0n) is 13.9. The molecule has 22 heavy (non-hydrogen) atoms. The molecule has 1 aliphatic rings. The third-order valence-corrected chi connectivity index (χ3v) is 4.39. The molecule has 0 spiro atoms. The van der Waals surface area contributed by atoms with E-state index in [-0.39, 0.29) is 0 Å². The number of ether oxygens (including phenoxy) is 2. The van der Waals surface area contributed by atoms with Crippen molar-refractivity contribution in [3.05, 3.63) is 23.8 Å². The minimum atomic E-state index is 0.554. The molecule has 0 N–H and O–H groups in total. The van der Waals surface area contributed by atoms with Gasteiger partial charge in [0, 0.05) is 24.2 Å². The predicted molar refractivity (Wildman–Crippen MR) is 88.0 cm³/mol. The molecule has 1 aromatic rings. The number of nitrogens with zero attached hydrogens (tertiary/aromatic N) is 1. The number of likely N-dealkylation sites (tertiary alicyclic amines) is 1. The summed E-state index contributed by atoms with van der Waals surface area (Å²) in [6.07, 6.45) is 4.68. The summed E-state index contributed by atoms with van der Waals surface area (Å²) in [7, 11) is 0. The fraction of sp³-hybridized carbons (Fsp3) is 0.611. The highest BCUT2D eigenvalue weighted by Gasteiger charge is 2.24. The first-order chi connectivity index (χ1) is 10.7. The van der Waals surface area contributed by atoms with Crippen LogP contribution in [-0.2, 0) is 0 Å². The van der Waals surface area contributed by atoms with Crippen molar-refractivity contribution in [2.75, 3.05) is 19.8 Å². The van der Waals surface area contributed by atoms with E-state index in [1.165, 1.54) is 19.3 Å². The topological polar surface area (TPSA) is 38.8 Å². The second-order valence-electron chi connectivity index (χ2n) is 5.97. The third kappa shape index (κ3) is 4.23. The molecule has 0 bridgehead atoms. The van der Waals surface area contributed by atoms with Crippen LogP contribution in [0.3, 0.4) is 0 Å². The van der Waals surface area contributed by atoms with E-state index in [0.29, 0.717) is 42.4 Å². The third-order valence-electron chi connectivity index (χ3n) is 4.39. The van der Waals surface area contributed by atoms with Crippen LogP contribution >= 0.6 is 0 Å². The summed E-state index contributed by atoms with van der Waals surface area (Å²) in [5.41, 5.74) is 0.606. The summed E-state index contributed by atoms with van der Waals surface area (Å²) in [4.78, 5) is 13.4. The average Bonchev–Trinajstić information content (AvgIpc) is 2.51. The van der Waals surface area contributed by atoms with Crippen LogP contribution in [0.15, 0.2) is 18.2 Å². The molecule has 2 atom stereocenters. The van der Waals surface area contributed by atoms with Gasteiger partial charge in [-0.15, -0.1) is 0 Å². The van der Waals surface area contributed by atoms with Gasteiger partial charge in [0.2, 0.25) is 0 Å². The molecule has 2 rings (SSSR count). The maximum atomic E-state index is 10.9. The van der Waals surface area contributed by atoms with Gasteiger partial charge >= 0.3 is 0 Å². The lowest BCUT2D eigenvalue weighted by Crippen LogP contribution is -2.45. The summed E-state index contributed by atoms with van der Waals surface area (Å²) >= 11 is 0. The predicted octanol–water partition coefficient (Wildman–Crippen LogP) is 3.54. The molecular weight excluding hydrogens is 278 g/mol. The summed E-state index contributed by atoms with van der Waals surface area (Å²) in [5.74, 6) is 1.36. The van der Waals surface area contributed by atoms with Crippen molar-refractivity contribution in [3.8, 4) is 11.5 Å². The minimum Gasteiger partial charge on any atom is -0.490 e. The molecule has 0 saturated carbocycles. The van der Waals surface area contributed by atoms with Gasteiger partial charge < -0.3 is 9.47 Å². The highest BCUT2D eigenvalue weighted by Crippen LogP contribution is 2.28. The molecule has 0 aromatic heterocycles. The smallest absolute Gasteiger partial charge is 0.161 e. The van der Waals surface area contributed by atoms with Gasteiger partial charge in [-0.3, -0.25) is 9.69 Å². The highest BCUT2D eigenvalue weighted by molar-refractivity contribution is 5.76. The Bertz CT molecular complexity index is 479. The van der Waals surface area contributed by atoms with Crippen LogP contribution in [0.4, 0.5) is 0 Å². The Morgan fingerprint density at radius 2 is 1.91 bits per heavy atom. The minimum absolute atomic E-state index is 0.554. The Hall–Kier alpha value is -1.55. The monoisotopic (exact) mass is 305 g/mol. The number of benzene rings is 1. The van der Waals surface area contributed by atoms with Gasteiger partial charge in [0.05, 0.1) is 6.61 Å². The molecule has 1 aliphatic heterocycles. The van der Waals surface area contributed by atoms with Gasteiger partial charge in [0.25, 0.3) is 0 Å². The normalized spacial score (nSPS) is 22.3. The average molecular weight is 305 g/mol. The molecule has 1 fully saturated rings. The first kappa shape index (κ1) is 16.8. The molecule has 0 amide bonds. The van der Waals surface area contributed by atoms with Crippen molar-refractivity contribution in [2.24, 2.45) is 0 Å². The van der Waals surface area contributed by atoms with Crippen molar-refractivity contribution in [1.82, 2.24) is 4.90 Å². The summed E-state index contributed by atoms with van der Waals surface area (Å²) < 4.78 is 11.5. The van der Waals surface area contributed by atoms with Crippen molar-refractivity contribution in [3.63, 3.8) is 0 Å². The van der Waals surface area contributed by atoms with Gasteiger partial charge in [0.1, 0.15) is 12.9 Å². The lowest BCUT2D eigenvalue weighted by molar-refractivity contribution is 0.0844. The lowest BCUT2D eigenvalue weighted by atomic mass is 9.98. The standard InChI is InChI=1S/C18H27NO3/c1-4-21-18-12-16(13-20)8-9-17(18)22-11-10-19-14(2)6-5-7-15(19)3/h8-9,12-15H,4-7,10-11H2,1-3H3. The fourth-order valence-corrected chi connectivity index (χ4v) is 3.16. The van der Waals surface area contributed by atoms with Crippen LogP contribution in [0.5, 0.6) is 11.5 Å². The van der Waals surface area contributed by atoms with Crippen LogP contribution < -0.4 is 9.47 Å². The fourth-order valence-electron chi connectivity index (χ4n) is 3.16. The molecule has 1 aromatic carbocycles. The molecule has 1 saturated heterocycles. The van der Waals surface area contributed by atoms with Crippen LogP contribution in [-0.4, -0.2) is 43.0 Å². The summed E-state index contributed by atoms with van der Waals surface area (Å²) in [6, 6.07) is 6.56. The number of hydrogen-bond donors (Lipinski definition) is 0. The van der Waals surface area contributed by atoms with Crippen molar-refractivity contribution in [2.45, 2.75) is 52.1 Å². The maximum Gasteiger partial charge on any atom is 0.161 e. The number of rotatable bonds is 7. The van der Waals surface area contributed by atoms with Gasteiger partial charge in [-0.25, -0.2) is 0 Å². The Morgan fingerprint density at radius 3 is 2.55 bits per heavy atom. The Kier molecular flexibility index (Phi) is 6.25. The maximum absolute atomic E-state index is 10.9. The number of carbonyl (C=O) groups excluding carboxylic acids is 1. The first-order valence-corrected chi connectivity index (χ1v) is 8.26. The van der Waals surface area contributed by atoms with E-state index < -0.39 is 0 Å². The Balaban J connectivity index is 1.94. The highest BCUT2D eigenvalue weighted by atomic mass is 16.5. The van der Waals surface area contributed by atoms with Gasteiger partial charge in [-0.05, 0) is 51.8 Å². The SMILES string of the molecule is CCOc1cc(C=O)ccc1OCCN1C(C)CCCC1C. The molecule has 0 aliphatic carbocycles. The number of aldehydes is 1. The molecular formula is C18H27NO3. The molecule has 0 radical (unpaired) electrons. The number of piperidine rings is 1. The van der Waals surface area contributed by atoms with E-state index in [2.05, 4.69) is 18.7 Å².